The Morgan fingerprint density at radius 2 is 1.80 bits per heavy atom. The molecule has 76 valence electrons. The fraction of sp³-hybridized carbons (Fsp3) is 0.167. The highest BCUT2D eigenvalue weighted by Gasteiger charge is 2.03. The number of aryl methyl sites for hydroxylation is 1. The average molecular weight is 200 g/mol. The van der Waals surface area contributed by atoms with Gasteiger partial charge in [0.25, 0.3) is 5.56 Å². The van der Waals surface area contributed by atoms with Crippen molar-refractivity contribution in [3.8, 4) is 5.69 Å². The summed E-state index contributed by atoms with van der Waals surface area (Å²) in [6.07, 6.45) is 5.15. The van der Waals surface area contributed by atoms with Crippen molar-refractivity contribution in [3.63, 3.8) is 0 Å². The fourth-order valence-corrected chi connectivity index (χ4v) is 1.44. The minimum atomic E-state index is 0.0289. The Hall–Kier alpha value is -1.90. The van der Waals surface area contributed by atoms with E-state index in [9.17, 15) is 4.79 Å². The number of hydrogen-bond donors (Lipinski definition) is 0. The van der Waals surface area contributed by atoms with E-state index in [1.54, 1.807) is 23.2 Å². The monoisotopic (exact) mass is 200 g/mol. The highest BCUT2D eigenvalue weighted by molar-refractivity contribution is 5.32. The second-order valence-corrected chi connectivity index (χ2v) is 3.50. The lowest BCUT2D eigenvalue weighted by Gasteiger charge is -2.07. The van der Waals surface area contributed by atoms with Crippen molar-refractivity contribution >= 4 is 0 Å². The van der Waals surface area contributed by atoms with Crippen molar-refractivity contribution in [2.24, 2.45) is 0 Å². The van der Waals surface area contributed by atoms with Crippen LogP contribution in [0.5, 0.6) is 0 Å². The molecule has 0 bridgehead atoms. The van der Waals surface area contributed by atoms with Gasteiger partial charge in [-0.1, -0.05) is 0 Å². The van der Waals surface area contributed by atoms with Crippen molar-refractivity contribution < 1.29 is 0 Å². The lowest BCUT2D eigenvalue weighted by molar-refractivity contribution is 0.955. The van der Waals surface area contributed by atoms with E-state index in [4.69, 9.17) is 0 Å². The summed E-state index contributed by atoms with van der Waals surface area (Å²) in [4.78, 5) is 15.9. The van der Waals surface area contributed by atoms with Gasteiger partial charge in [-0.25, -0.2) is 0 Å². The fourth-order valence-electron chi connectivity index (χ4n) is 1.44. The topological polar surface area (TPSA) is 34.9 Å². The Bertz CT molecular complexity index is 529. The van der Waals surface area contributed by atoms with Gasteiger partial charge >= 0.3 is 0 Å². The summed E-state index contributed by atoms with van der Waals surface area (Å²) in [5.41, 5.74) is 2.68. The third-order valence-corrected chi connectivity index (χ3v) is 2.55. The molecule has 3 heteroatoms. The normalized spacial score (nSPS) is 10.3. The molecule has 2 aromatic rings. The van der Waals surface area contributed by atoms with Gasteiger partial charge in [-0.3, -0.25) is 14.3 Å². The van der Waals surface area contributed by atoms with Gasteiger partial charge in [-0.05, 0) is 37.6 Å². The molecule has 15 heavy (non-hydrogen) atoms. The lowest BCUT2D eigenvalue weighted by atomic mass is 10.2. The van der Waals surface area contributed by atoms with Crippen LogP contribution in [0.3, 0.4) is 0 Å². The SMILES string of the molecule is Cc1ccn(-c2ccncc2)c(=O)c1C. The molecule has 0 N–H and O–H groups in total. The molecular weight excluding hydrogens is 188 g/mol. The summed E-state index contributed by atoms with van der Waals surface area (Å²) in [5, 5.41) is 0. The molecule has 3 nitrogen and oxygen atoms in total. The Morgan fingerprint density at radius 3 is 2.47 bits per heavy atom. The number of pyridine rings is 2. The molecule has 0 atom stereocenters. The van der Waals surface area contributed by atoms with Crippen LogP contribution in [-0.4, -0.2) is 9.55 Å². The molecule has 0 saturated carbocycles. The van der Waals surface area contributed by atoms with Gasteiger partial charge in [0, 0.05) is 24.2 Å². The first-order chi connectivity index (χ1) is 7.20. The molecule has 0 saturated heterocycles. The van der Waals surface area contributed by atoms with Crippen LogP contribution < -0.4 is 5.56 Å². The minimum Gasteiger partial charge on any atom is -0.284 e. The van der Waals surface area contributed by atoms with Gasteiger partial charge in [0.05, 0.1) is 5.69 Å². The molecule has 2 rings (SSSR count). The van der Waals surface area contributed by atoms with Crippen LogP contribution in [0.25, 0.3) is 5.69 Å². The van der Waals surface area contributed by atoms with Crippen LogP contribution in [-0.2, 0) is 0 Å². The number of rotatable bonds is 1. The predicted octanol–water partition coefficient (Wildman–Crippen LogP) is 1.85. The molecule has 0 aromatic carbocycles. The number of nitrogens with zero attached hydrogens (tertiary/aromatic N) is 2. The van der Waals surface area contributed by atoms with Crippen molar-refractivity contribution in [1.29, 1.82) is 0 Å². The van der Waals surface area contributed by atoms with Crippen LogP contribution in [0.15, 0.2) is 41.6 Å². The first-order valence-electron chi connectivity index (χ1n) is 4.79. The molecule has 0 spiro atoms. The highest BCUT2D eigenvalue weighted by Crippen LogP contribution is 2.05. The standard InChI is InChI=1S/C12H12N2O/c1-9-5-8-14(12(15)10(9)2)11-3-6-13-7-4-11/h3-8H,1-2H3. The third kappa shape index (κ3) is 1.68. The highest BCUT2D eigenvalue weighted by atomic mass is 16.1. The summed E-state index contributed by atoms with van der Waals surface area (Å²) >= 11 is 0. The maximum Gasteiger partial charge on any atom is 0.258 e. The van der Waals surface area contributed by atoms with E-state index >= 15 is 0 Å². The summed E-state index contributed by atoms with van der Waals surface area (Å²) in [5.74, 6) is 0. The van der Waals surface area contributed by atoms with Crippen LogP contribution in [0, 0.1) is 13.8 Å². The molecule has 2 heterocycles. The number of aromatic nitrogens is 2. The van der Waals surface area contributed by atoms with E-state index in [1.807, 2.05) is 32.0 Å². The summed E-state index contributed by atoms with van der Waals surface area (Å²) in [7, 11) is 0. The molecule has 0 aliphatic rings. The smallest absolute Gasteiger partial charge is 0.258 e. The van der Waals surface area contributed by atoms with Gasteiger partial charge in [-0.2, -0.15) is 0 Å². The molecule has 2 aromatic heterocycles. The molecule has 0 unspecified atom stereocenters. The first-order valence-corrected chi connectivity index (χ1v) is 4.79. The van der Waals surface area contributed by atoms with Gasteiger partial charge in [-0.15, -0.1) is 0 Å². The maximum atomic E-state index is 11.9. The van der Waals surface area contributed by atoms with Crippen LogP contribution >= 0.6 is 0 Å². The summed E-state index contributed by atoms with van der Waals surface area (Å²) in [6.45, 7) is 3.78. The number of hydrogen-bond acceptors (Lipinski definition) is 2. The van der Waals surface area contributed by atoms with Crippen molar-refractivity contribution in [3.05, 3.63) is 58.3 Å². The Balaban J connectivity index is 2.66. The van der Waals surface area contributed by atoms with Gasteiger partial charge < -0.3 is 0 Å². The van der Waals surface area contributed by atoms with E-state index in [1.165, 1.54) is 0 Å². The lowest BCUT2D eigenvalue weighted by Crippen LogP contribution is -2.20. The van der Waals surface area contributed by atoms with E-state index in [0.717, 1.165) is 16.8 Å². The first kappa shape index (κ1) is 9.65. The van der Waals surface area contributed by atoms with Crippen LogP contribution in [0.1, 0.15) is 11.1 Å². The van der Waals surface area contributed by atoms with E-state index in [-0.39, 0.29) is 5.56 Å². The molecule has 0 aliphatic carbocycles. The summed E-state index contributed by atoms with van der Waals surface area (Å²) < 4.78 is 1.63. The zero-order chi connectivity index (χ0) is 10.8. The molecule has 0 radical (unpaired) electrons. The summed E-state index contributed by atoms with van der Waals surface area (Å²) in [6, 6.07) is 5.57. The molecule has 0 aliphatic heterocycles. The van der Waals surface area contributed by atoms with Gasteiger partial charge in [0.1, 0.15) is 0 Å². The van der Waals surface area contributed by atoms with Crippen molar-refractivity contribution in [2.45, 2.75) is 13.8 Å². The predicted molar refractivity (Wildman–Crippen MR) is 59.3 cm³/mol. The van der Waals surface area contributed by atoms with Crippen LogP contribution in [0.2, 0.25) is 0 Å². The Kier molecular flexibility index (Phi) is 2.37. The van der Waals surface area contributed by atoms with Crippen molar-refractivity contribution in [2.75, 3.05) is 0 Å². The third-order valence-electron chi connectivity index (χ3n) is 2.55. The van der Waals surface area contributed by atoms with Crippen LogP contribution in [0.4, 0.5) is 0 Å². The average Bonchev–Trinajstić information content (AvgIpc) is 2.27. The second kappa shape index (κ2) is 3.69. The minimum absolute atomic E-state index is 0.0289. The van der Waals surface area contributed by atoms with Crippen molar-refractivity contribution in [1.82, 2.24) is 9.55 Å². The molecule has 0 amide bonds. The zero-order valence-electron chi connectivity index (χ0n) is 8.77. The second-order valence-electron chi connectivity index (χ2n) is 3.50. The molecule has 0 fully saturated rings. The maximum absolute atomic E-state index is 11.9. The quantitative estimate of drug-likeness (QED) is 0.704. The van der Waals surface area contributed by atoms with E-state index < -0.39 is 0 Å². The van der Waals surface area contributed by atoms with Gasteiger partial charge in [0.15, 0.2) is 0 Å². The zero-order valence-corrected chi connectivity index (χ0v) is 8.77. The van der Waals surface area contributed by atoms with E-state index in [2.05, 4.69) is 4.98 Å². The Morgan fingerprint density at radius 1 is 1.13 bits per heavy atom. The Labute approximate surface area is 88.0 Å². The van der Waals surface area contributed by atoms with E-state index in [0.29, 0.717) is 0 Å². The van der Waals surface area contributed by atoms with Gasteiger partial charge in [0.2, 0.25) is 0 Å². The largest absolute Gasteiger partial charge is 0.284 e. The molecular formula is C12H12N2O.